The van der Waals surface area contributed by atoms with Gasteiger partial charge in [-0.15, -0.1) is 0 Å². The molecule has 3 aromatic carbocycles. The molecule has 0 saturated carbocycles. The molecular weight excluding hydrogens is 326 g/mol. The van der Waals surface area contributed by atoms with E-state index in [4.69, 9.17) is 9.39 Å². The van der Waals surface area contributed by atoms with Gasteiger partial charge in [0.25, 0.3) is 0 Å². The van der Waals surface area contributed by atoms with Crippen molar-refractivity contribution in [2.24, 2.45) is 5.16 Å². The van der Waals surface area contributed by atoms with Crippen LogP contribution in [0, 0.1) is 6.92 Å². The number of nitrogens with zero attached hydrogens (tertiary/aromatic N) is 1. The third-order valence-electron chi connectivity index (χ3n) is 3.63. The summed E-state index contributed by atoms with van der Waals surface area (Å²) in [5, 5.41) is 13.6. The van der Waals surface area contributed by atoms with Crippen LogP contribution in [0.1, 0.15) is 11.1 Å². The SMILES string of the molecule is Cc1ccc(S(=O)(=O)Oc2ccc3ccccc3c2/C=N\O)cc1. The second-order valence-electron chi connectivity index (χ2n) is 5.29. The zero-order chi connectivity index (χ0) is 17.2. The second kappa shape index (κ2) is 6.33. The van der Waals surface area contributed by atoms with Crippen molar-refractivity contribution in [3.05, 3.63) is 71.8 Å². The van der Waals surface area contributed by atoms with Crippen molar-refractivity contribution >= 4 is 27.1 Å². The summed E-state index contributed by atoms with van der Waals surface area (Å²) in [6.45, 7) is 1.87. The van der Waals surface area contributed by atoms with Crippen molar-refractivity contribution in [1.29, 1.82) is 0 Å². The van der Waals surface area contributed by atoms with Crippen molar-refractivity contribution in [1.82, 2.24) is 0 Å². The minimum absolute atomic E-state index is 0.0631. The lowest BCUT2D eigenvalue weighted by Crippen LogP contribution is -2.11. The number of fused-ring (bicyclic) bond motifs is 1. The van der Waals surface area contributed by atoms with Gasteiger partial charge in [0.2, 0.25) is 0 Å². The van der Waals surface area contributed by atoms with Crippen LogP contribution in [0.25, 0.3) is 10.8 Å². The second-order valence-corrected chi connectivity index (χ2v) is 6.84. The first-order valence-electron chi connectivity index (χ1n) is 7.21. The highest BCUT2D eigenvalue weighted by Gasteiger charge is 2.19. The zero-order valence-corrected chi connectivity index (χ0v) is 13.7. The van der Waals surface area contributed by atoms with Crippen LogP contribution in [0.2, 0.25) is 0 Å². The van der Waals surface area contributed by atoms with Gasteiger partial charge in [-0.25, -0.2) is 0 Å². The molecule has 0 atom stereocenters. The predicted molar refractivity (Wildman–Crippen MR) is 92.3 cm³/mol. The third kappa shape index (κ3) is 3.09. The minimum Gasteiger partial charge on any atom is -0.411 e. The van der Waals surface area contributed by atoms with E-state index in [0.717, 1.165) is 16.3 Å². The van der Waals surface area contributed by atoms with Crippen molar-refractivity contribution in [3.63, 3.8) is 0 Å². The minimum atomic E-state index is -3.98. The first kappa shape index (κ1) is 16.0. The standard InChI is InChI=1S/C18H15NO4S/c1-13-6-9-15(10-7-13)24(21,22)23-18-11-8-14-4-2-3-5-16(14)17(18)12-19-20/h2-12,20H,1H3/b19-12-. The van der Waals surface area contributed by atoms with E-state index in [0.29, 0.717) is 5.56 Å². The largest absolute Gasteiger partial charge is 0.411 e. The zero-order valence-electron chi connectivity index (χ0n) is 12.9. The topological polar surface area (TPSA) is 76.0 Å². The summed E-state index contributed by atoms with van der Waals surface area (Å²) in [5.41, 5.74) is 1.35. The average Bonchev–Trinajstić information content (AvgIpc) is 2.57. The molecule has 0 saturated heterocycles. The molecule has 0 amide bonds. The molecule has 0 unspecified atom stereocenters. The molecule has 3 aromatic rings. The molecule has 24 heavy (non-hydrogen) atoms. The number of hydrogen-bond donors (Lipinski definition) is 1. The van der Waals surface area contributed by atoms with Crippen LogP contribution in [-0.4, -0.2) is 19.8 Å². The molecule has 0 aliphatic heterocycles. The first-order chi connectivity index (χ1) is 11.5. The number of hydrogen-bond acceptors (Lipinski definition) is 5. The Morgan fingerprint density at radius 3 is 2.42 bits per heavy atom. The van der Waals surface area contributed by atoms with Gasteiger partial charge in [0.15, 0.2) is 5.75 Å². The molecule has 0 radical (unpaired) electrons. The van der Waals surface area contributed by atoms with Gasteiger partial charge in [-0.05, 0) is 35.9 Å². The van der Waals surface area contributed by atoms with Crippen molar-refractivity contribution < 1.29 is 17.8 Å². The molecule has 0 bridgehead atoms. The van der Waals surface area contributed by atoms with Gasteiger partial charge in [-0.2, -0.15) is 8.42 Å². The molecule has 0 aliphatic rings. The van der Waals surface area contributed by atoms with E-state index in [1.165, 1.54) is 18.3 Å². The van der Waals surface area contributed by atoms with E-state index >= 15 is 0 Å². The van der Waals surface area contributed by atoms with Crippen LogP contribution < -0.4 is 4.18 Å². The predicted octanol–water partition coefficient (Wildman–Crippen LogP) is 3.72. The lowest BCUT2D eigenvalue weighted by molar-refractivity contribution is 0.321. The Morgan fingerprint density at radius 1 is 1.00 bits per heavy atom. The van der Waals surface area contributed by atoms with Crippen molar-refractivity contribution in [2.75, 3.05) is 0 Å². The van der Waals surface area contributed by atoms with Crippen molar-refractivity contribution in [3.8, 4) is 5.75 Å². The van der Waals surface area contributed by atoms with E-state index < -0.39 is 10.1 Å². The fraction of sp³-hybridized carbons (Fsp3) is 0.0556. The maximum Gasteiger partial charge on any atom is 0.339 e. The van der Waals surface area contributed by atoms with Gasteiger partial charge in [-0.3, -0.25) is 0 Å². The number of aryl methyl sites for hydroxylation is 1. The Hall–Kier alpha value is -2.86. The Balaban J connectivity index is 2.09. The fourth-order valence-corrected chi connectivity index (χ4v) is 3.36. The normalized spacial score (nSPS) is 11.9. The summed E-state index contributed by atoms with van der Waals surface area (Å²) >= 11 is 0. The highest BCUT2D eigenvalue weighted by atomic mass is 32.2. The van der Waals surface area contributed by atoms with Gasteiger partial charge < -0.3 is 9.39 Å². The lowest BCUT2D eigenvalue weighted by Gasteiger charge is -2.11. The van der Waals surface area contributed by atoms with Crippen LogP contribution in [-0.2, 0) is 10.1 Å². The van der Waals surface area contributed by atoms with Crippen molar-refractivity contribution in [2.45, 2.75) is 11.8 Å². The van der Waals surface area contributed by atoms with Gasteiger partial charge in [0, 0.05) is 5.56 Å². The molecule has 6 heteroatoms. The summed E-state index contributed by atoms with van der Waals surface area (Å²) < 4.78 is 30.2. The van der Waals surface area contributed by atoms with E-state index in [2.05, 4.69) is 5.16 Å². The highest BCUT2D eigenvalue weighted by molar-refractivity contribution is 7.87. The van der Waals surface area contributed by atoms with Crippen LogP contribution in [0.3, 0.4) is 0 Å². The molecule has 5 nitrogen and oxygen atoms in total. The molecule has 0 fully saturated rings. The summed E-state index contributed by atoms with van der Waals surface area (Å²) in [5.74, 6) is 0.104. The maximum absolute atomic E-state index is 12.5. The number of benzene rings is 3. The van der Waals surface area contributed by atoms with Gasteiger partial charge in [0.05, 0.1) is 6.21 Å². The Labute approximate surface area is 139 Å². The number of oxime groups is 1. The lowest BCUT2D eigenvalue weighted by atomic mass is 10.0. The van der Waals surface area contributed by atoms with E-state index in [-0.39, 0.29) is 10.6 Å². The first-order valence-corrected chi connectivity index (χ1v) is 8.62. The Kier molecular flexibility index (Phi) is 4.22. The average molecular weight is 341 g/mol. The molecule has 1 N–H and O–H groups in total. The Bertz CT molecular complexity index is 1010. The summed E-state index contributed by atoms with van der Waals surface area (Å²) in [4.78, 5) is 0.0631. The van der Waals surface area contributed by atoms with E-state index in [9.17, 15) is 8.42 Å². The molecular formula is C18H15NO4S. The Morgan fingerprint density at radius 2 is 1.71 bits per heavy atom. The quantitative estimate of drug-likeness (QED) is 0.340. The van der Waals surface area contributed by atoms with Crippen LogP contribution in [0.4, 0.5) is 0 Å². The fourth-order valence-electron chi connectivity index (χ4n) is 2.41. The molecule has 122 valence electrons. The smallest absolute Gasteiger partial charge is 0.339 e. The van der Waals surface area contributed by atoms with Crippen LogP contribution in [0.5, 0.6) is 5.75 Å². The molecule has 0 heterocycles. The summed E-state index contributed by atoms with van der Waals surface area (Å²) in [6.07, 6.45) is 1.17. The molecule has 0 spiro atoms. The van der Waals surface area contributed by atoms with Gasteiger partial charge in [-0.1, -0.05) is 53.2 Å². The molecule has 0 aromatic heterocycles. The summed E-state index contributed by atoms with van der Waals surface area (Å²) in [7, 11) is -3.98. The molecule has 0 aliphatic carbocycles. The third-order valence-corrected chi connectivity index (χ3v) is 4.88. The van der Waals surface area contributed by atoms with Crippen LogP contribution in [0.15, 0.2) is 70.7 Å². The van der Waals surface area contributed by atoms with Gasteiger partial charge in [0.1, 0.15) is 4.90 Å². The monoisotopic (exact) mass is 341 g/mol. The van der Waals surface area contributed by atoms with E-state index in [1.807, 2.05) is 25.1 Å². The number of rotatable bonds is 4. The highest BCUT2D eigenvalue weighted by Crippen LogP contribution is 2.29. The van der Waals surface area contributed by atoms with Crippen LogP contribution >= 0.6 is 0 Å². The van der Waals surface area contributed by atoms with Gasteiger partial charge >= 0.3 is 10.1 Å². The summed E-state index contributed by atoms with van der Waals surface area (Å²) in [6, 6.07) is 17.0. The van der Waals surface area contributed by atoms with E-state index in [1.54, 1.807) is 30.3 Å². The molecule has 3 rings (SSSR count). The maximum atomic E-state index is 12.5.